The normalized spacial score (nSPS) is 18.7. The second-order valence-corrected chi connectivity index (χ2v) is 10.7. The molecule has 198 valence electrons. The molecule has 37 heavy (non-hydrogen) atoms. The molecule has 1 amide bonds. The fraction of sp³-hybridized carbons (Fsp3) is 0.500. The van der Waals surface area contributed by atoms with Crippen LogP contribution in [0.1, 0.15) is 40.5 Å². The van der Waals surface area contributed by atoms with Gasteiger partial charge in [0.05, 0.1) is 16.8 Å². The molecule has 0 aliphatic carbocycles. The Labute approximate surface area is 213 Å². The number of aromatic nitrogens is 3. The smallest absolute Gasteiger partial charge is 0.410 e. The summed E-state index contributed by atoms with van der Waals surface area (Å²) in [6.45, 7) is 10.6. The average Bonchev–Trinajstić information content (AvgIpc) is 3.49. The minimum atomic E-state index is -1.51. The number of rotatable bonds is 3. The van der Waals surface area contributed by atoms with Crippen LogP contribution >= 0.6 is 0 Å². The number of ether oxygens (including phenoxy) is 1. The molecule has 8 nitrogen and oxygen atoms in total. The van der Waals surface area contributed by atoms with Crippen molar-refractivity contribution in [1.82, 2.24) is 19.4 Å². The molecule has 0 bridgehead atoms. The molecule has 0 N–H and O–H groups in total. The SMILES string of the molecule is C[C@H]1CN(C(=O)OC(C)(C)C)CCN1c1ncnc2c1c(N1CCCC1)cn2-c1cc(F)c(F)c(F)c1. The van der Waals surface area contributed by atoms with E-state index in [1.165, 1.54) is 6.33 Å². The highest BCUT2D eigenvalue weighted by Crippen LogP contribution is 2.39. The number of nitrogens with zero attached hydrogens (tertiary/aromatic N) is 6. The maximum atomic E-state index is 14.1. The van der Waals surface area contributed by atoms with Gasteiger partial charge in [0, 0.05) is 57.1 Å². The Morgan fingerprint density at radius 2 is 1.70 bits per heavy atom. The van der Waals surface area contributed by atoms with Gasteiger partial charge >= 0.3 is 6.09 Å². The molecule has 0 radical (unpaired) electrons. The number of halogens is 3. The zero-order chi connectivity index (χ0) is 26.5. The van der Waals surface area contributed by atoms with Crippen LogP contribution < -0.4 is 9.80 Å². The number of fused-ring (bicyclic) bond motifs is 1. The summed E-state index contributed by atoms with van der Waals surface area (Å²) in [6, 6.07) is 1.86. The van der Waals surface area contributed by atoms with Crippen molar-refractivity contribution in [2.45, 2.75) is 52.2 Å². The van der Waals surface area contributed by atoms with E-state index in [2.05, 4.69) is 19.8 Å². The van der Waals surface area contributed by atoms with Crippen LogP contribution in [0.25, 0.3) is 16.7 Å². The number of hydrogen-bond donors (Lipinski definition) is 0. The van der Waals surface area contributed by atoms with Gasteiger partial charge in [0.1, 0.15) is 17.7 Å². The first-order valence-corrected chi connectivity index (χ1v) is 12.5. The molecular formula is C26H31F3N6O2. The van der Waals surface area contributed by atoms with Crippen LogP contribution in [-0.2, 0) is 4.74 Å². The van der Waals surface area contributed by atoms with Gasteiger partial charge in [-0.25, -0.2) is 27.9 Å². The first-order chi connectivity index (χ1) is 17.5. The Morgan fingerprint density at radius 1 is 1.03 bits per heavy atom. The van der Waals surface area contributed by atoms with Gasteiger partial charge in [-0.1, -0.05) is 0 Å². The van der Waals surface area contributed by atoms with E-state index in [-0.39, 0.29) is 17.8 Å². The molecule has 2 aliphatic rings. The van der Waals surface area contributed by atoms with Gasteiger partial charge in [0.25, 0.3) is 0 Å². The van der Waals surface area contributed by atoms with Crippen LogP contribution in [0.3, 0.4) is 0 Å². The number of benzene rings is 1. The van der Waals surface area contributed by atoms with Crippen LogP contribution in [0.15, 0.2) is 24.7 Å². The Balaban J connectivity index is 1.56. The average molecular weight is 517 g/mol. The van der Waals surface area contributed by atoms with Crippen molar-refractivity contribution in [3.63, 3.8) is 0 Å². The minimum Gasteiger partial charge on any atom is -0.444 e. The Bertz CT molecular complexity index is 1310. The van der Waals surface area contributed by atoms with E-state index in [4.69, 9.17) is 4.74 Å². The monoisotopic (exact) mass is 516 g/mol. The summed E-state index contributed by atoms with van der Waals surface area (Å²) < 4.78 is 49.1. The lowest BCUT2D eigenvalue weighted by molar-refractivity contribution is 0.0218. The van der Waals surface area contributed by atoms with Crippen LogP contribution in [0.5, 0.6) is 0 Å². The van der Waals surface area contributed by atoms with Crippen LogP contribution in [0, 0.1) is 17.5 Å². The highest BCUT2D eigenvalue weighted by molar-refractivity contribution is 6.01. The molecule has 2 fully saturated rings. The van der Waals surface area contributed by atoms with E-state index in [0.29, 0.717) is 31.1 Å². The molecule has 1 atom stereocenters. The van der Waals surface area contributed by atoms with E-state index in [1.807, 2.05) is 27.7 Å². The van der Waals surface area contributed by atoms with Crippen molar-refractivity contribution in [3.8, 4) is 5.69 Å². The molecule has 0 spiro atoms. The zero-order valence-electron chi connectivity index (χ0n) is 21.5. The standard InChI is InChI=1S/C26H31F3N6O2/c1-16-13-33(25(36)37-26(2,3)4)9-10-34(16)23-21-20(32-7-5-6-8-32)14-35(24(21)31-15-30-23)17-11-18(27)22(29)19(28)12-17/h11-12,14-16H,5-10,13H2,1-4H3/t16-/m0/s1. The third-order valence-corrected chi connectivity index (χ3v) is 6.79. The number of carbonyl (C=O) groups excluding carboxylic acids is 1. The first-order valence-electron chi connectivity index (χ1n) is 12.5. The topological polar surface area (TPSA) is 66.7 Å². The van der Waals surface area contributed by atoms with Crippen LogP contribution in [0.4, 0.5) is 29.5 Å². The van der Waals surface area contributed by atoms with E-state index < -0.39 is 23.1 Å². The lowest BCUT2D eigenvalue weighted by Gasteiger charge is -2.41. The van der Waals surface area contributed by atoms with E-state index >= 15 is 0 Å². The first kappa shape index (κ1) is 25.2. The largest absolute Gasteiger partial charge is 0.444 e. The molecule has 2 aliphatic heterocycles. The lowest BCUT2D eigenvalue weighted by Crippen LogP contribution is -2.54. The molecule has 11 heteroatoms. The molecule has 3 aromatic rings. The predicted molar refractivity (Wildman–Crippen MR) is 135 cm³/mol. The van der Waals surface area contributed by atoms with E-state index in [9.17, 15) is 18.0 Å². The molecular weight excluding hydrogens is 485 g/mol. The number of hydrogen-bond acceptors (Lipinski definition) is 6. The maximum absolute atomic E-state index is 14.1. The summed E-state index contributed by atoms with van der Waals surface area (Å²) >= 11 is 0. The fourth-order valence-corrected chi connectivity index (χ4v) is 5.09. The number of anilines is 2. The number of amides is 1. The highest BCUT2D eigenvalue weighted by Gasteiger charge is 2.33. The zero-order valence-corrected chi connectivity index (χ0v) is 21.5. The molecule has 5 rings (SSSR count). The minimum absolute atomic E-state index is 0.0742. The molecule has 0 unspecified atom stereocenters. The van der Waals surface area contributed by atoms with Crippen molar-refractivity contribution < 1.29 is 22.7 Å². The van der Waals surface area contributed by atoms with Gasteiger partial charge in [-0.2, -0.15) is 0 Å². The van der Waals surface area contributed by atoms with Gasteiger partial charge in [0.2, 0.25) is 0 Å². The molecule has 2 aromatic heterocycles. The molecule has 0 saturated carbocycles. The molecule has 2 saturated heterocycles. The number of piperazine rings is 1. The van der Waals surface area contributed by atoms with Crippen molar-refractivity contribution in [1.29, 1.82) is 0 Å². The third-order valence-electron chi connectivity index (χ3n) is 6.79. The van der Waals surface area contributed by atoms with Crippen molar-refractivity contribution in [2.24, 2.45) is 0 Å². The summed E-state index contributed by atoms with van der Waals surface area (Å²) in [5.74, 6) is -3.35. The van der Waals surface area contributed by atoms with Gasteiger partial charge < -0.3 is 19.4 Å². The van der Waals surface area contributed by atoms with Gasteiger partial charge in [-0.3, -0.25) is 4.57 Å². The molecule has 1 aromatic carbocycles. The Kier molecular flexibility index (Phi) is 6.41. The second-order valence-electron chi connectivity index (χ2n) is 10.7. The van der Waals surface area contributed by atoms with Gasteiger partial charge in [0.15, 0.2) is 23.1 Å². The van der Waals surface area contributed by atoms with Crippen LogP contribution in [0.2, 0.25) is 0 Å². The predicted octanol–water partition coefficient (Wildman–Crippen LogP) is 4.88. The summed E-state index contributed by atoms with van der Waals surface area (Å²) in [6.07, 6.45) is 4.92. The van der Waals surface area contributed by atoms with Crippen molar-refractivity contribution in [2.75, 3.05) is 42.5 Å². The quantitative estimate of drug-likeness (QED) is 0.462. The summed E-state index contributed by atoms with van der Waals surface area (Å²) in [4.78, 5) is 27.8. The van der Waals surface area contributed by atoms with Gasteiger partial charge in [-0.05, 0) is 40.5 Å². The number of carbonyl (C=O) groups is 1. The second kappa shape index (κ2) is 9.42. The fourth-order valence-electron chi connectivity index (χ4n) is 5.09. The van der Waals surface area contributed by atoms with Crippen LogP contribution in [-0.4, -0.2) is 69.9 Å². The summed E-state index contributed by atoms with van der Waals surface area (Å²) in [7, 11) is 0. The maximum Gasteiger partial charge on any atom is 0.410 e. The summed E-state index contributed by atoms with van der Waals surface area (Å²) in [5.41, 5.74) is 0.886. The van der Waals surface area contributed by atoms with Gasteiger partial charge in [-0.15, -0.1) is 0 Å². The lowest BCUT2D eigenvalue weighted by atomic mass is 10.1. The third kappa shape index (κ3) is 4.78. The van der Waals surface area contributed by atoms with E-state index in [0.717, 1.165) is 49.1 Å². The summed E-state index contributed by atoms with van der Waals surface area (Å²) in [5, 5.41) is 0.757. The van der Waals surface area contributed by atoms with Crippen molar-refractivity contribution >= 4 is 28.6 Å². The highest BCUT2D eigenvalue weighted by atomic mass is 19.2. The Hall–Kier alpha value is -3.50. The molecule has 4 heterocycles. The van der Waals surface area contributed by atoms with Crippen molar-refractivity contribution in [3.05, 3.63) is 42.1 Å². The van der Waals surface area contributed by atoms with E-state index in [1.54, 1.807) is 15.7 Å². The Morgan fingerprint density at radius 3 is 2.32 bits per heavy atom.